The highest BCUT2D eigenvalue weighted by molar-refractivity contribution is 6.30. The second-order valence-corrected chi connectivity index (χ2v) is 14.0. The van der Waals surface area contributed by atoms with Crippen molar-refractivity contribution in [2.24, 2.45) is 0 Å². The zero-order valence-corrected chi connectivity index (χ0v) is 29.0. The highest BCUT2D eigenvalue weighted by atomic mass is 15.0. The SMILES string of the molecule is c1ccc(-c2nc(-c3ccccc3)c3cc4cc(-n5c6cccc7c8ccccc8n8c(-c9ccccc9)nc9ccc5c(c76)c98)ccc4cc3n2)cc1. The van der Waals surface area contributed by atoms with Gasteiger partial charge in [0.2, 0.25) is 0 Å². The fourth-order valence-electron chi connectivity index (χ4n) is 8.65. The first-order valence-corrected chi connectivity index (χ1v) is 18.3. The van der Waals surface area contributed by atoms with E-state index in [4.69, 9.17) is 15.0 Å². The molecule has 5 nitrogen and oxygen atoms in total. The van der Waals surface area contributed by atoms with Crippen LogP contribution in [0.25, 0.3) is 111 Å². The molecule has 4 aromatic heterocycles. The van der Waals surface area contributed by atoms with Gasteiger partial charge in [0.1, 0.15) is 5.82 Å². The Kier molecular flexibility index (Phi) is 5.99. The molecule has 0 spiro atoms. The minimum absolute atomic E-state index is 0.725. The van der Waals surface area contributed by atoms with Crippen molar-refractivity contribution in [3.05, 3.63) is 176 Å². The quantitative estimate of drug-likeness (QED) is 0.173. The van der Waals surface area contributed by atoms with Gasteiger partial charge in [0.25, 0.3) is 0 Å². The Morgan fingerprint density at radius 2 is 1.07 bits per heavy atom. The molecule has 0 amide bonds. The first-order valence-electron chi connectivity index (χ1n) is 18.3. The summed E-state index contributed by atoms with van der Waals surface area (Å²) in [5, 5.41) is 8.18. The van der Waals surface area contributed by atoms with Gasteiger partial charge in [-0.15, -0.1) is 0 Å². The lowest BCUT2D eigenvalue weighted by Gasteiger charge is -2.13. The van der Waals surface area contributed by atoms with Crippen LogP contribution in [0, 0.1) is 0 Å². The average Bonchev–Trinajstić information content (AvgIpc) is 3.76. The van der Waals surface area contributed by atoms with E-state index in [0.29, 0.717) is 0 Å². The highest BCUT2D eigenvalue weighted by Crippen LogP contribution is 2.44. The summed E-state index contributed by atoms with van der Waals surface area (Å²) in [6, 6.07) is 62.4. The first kappa shape index (κ1) is 29.2. The summed E-state index contributed by atoms with van der Waals surface area (Å²) in [4.78, 5) is 15.6. The second kappa shape index (κ2) is 11.1. The number of imidazole rings is 1. The molecule has 0 bridgehead atoms. The molecule has 0 saturated heterocycles. The largest absolute Gasteiger partial charge is 0.309 e. The smallest absolute Gasteiger partial charge is 0.160 e. The minimum atomic E-state index is 0.725. The van der Waals surface area contributed by atoms with E-state index in [1.54, 1.807) is 0 Å². The maximum atomic E-state index is 5.29. The zero-order valence-electron chi connectivity index (χ0n) is 29.0. The summed E-state index contributed by atoms with van der Waals surface area (Å²) in [7, 11) is 0. The molecule has 12 aromatic rings. The minimum Gasteiger partial charge on any atom is -0.309 e. The number of fused-ring (bicyclic) bond motifs is 5. The topological polar surface area (TPSA) is 48.0 Å². The van der Waals surface area contributed by atoms with Gasteiger partial charge in [-0.25, -0.2) is 15.0 Å². The van der Waals surface area contributed by atoms with Crippen molar-refractivity contribution in [3.63, 3.8) is 0 Å². The highest BCUT2D eigenvalue weighted by Gasteiger charge is 2.24. The molecular weight excluding hydrogens is 659 g/mol. The standard InChI is InChI=1S/C49H29N5/c1-4-13-30(14-5-1)46-38-28-34-27-35(24-23-33(34)29-40(38)50-48(52-46)31-15-6-2-7-16-31)53-42-22-12-20-37-36-19-10-11-21-41(36)54-47-39(25-26-43(53)45(47)44(37)42)51-49(54)32-17-8-3-9-18-32/h1-29H. The molecular formula is C49H29N5. The van der Waals surface area contributed by atoms with Crippen LogP contribution in [0.1, 0.15) is 0 Å². The van der Waals surface area contributed by atoms with E-state index >= 15 is 0 Å². The number of aromatic nitrogens is 5. The number of benzene rings is 8. The van der Waals surface area contributed by atoms with Crippen LogP contribution in [0.2, 0.25) is 0 Å². The Bertz CT molecular complexity index is 3420. The van der Waals surface area contributed by atoms with Crippen LogP contribution in [0.15, 0.2) is 176 Å². The summed E-state index contributed by atoms with van der Waals surface area (Å²) < 4.78 is 4.81. The van der Waals surface area contributed by atoms with Gasteiger partial charge in [-0.2, -0.15) is 0 Å². The molecule has 0 fully saturated rings. The van der Waals surface area contributed by atoms with Gasteiger partial charge in [0.15, 0.2) is 5.82 Å². The van der Waals surface area contributed by atoms with Crippen molar-refractivity contribution >= 4 is 70.8 Å². The zero-order chi connectivity index (χ0) is 35.3. The van der Waals surface area contributed by atoms with Gasteiger partial charge < -0.3 is 4.57 Å². The fraction of sp³-hybridized carbons (Fsp3) is 0. The average molecular weight is 688 g/mol. The van der Waals surface area contributed by atoms with Crippen molar-refractivity contribution in [2.75, 3.05) is 0 Å². The van der Waals surface area contributed by atoms with Crippen LogP contribution in [-0.2, 0) is 0 Å². The normalized spacial score (nSPS) is 12.1. The van der Waals surface area contributed by atoms with E-state index in [-0.39, 0.29) is 0 Å². The molecule has 0 aliphatic heterocycles. The fourth-order valence-corrected chi connectivity index (χ4v) is 8.65. The summed E-state index contributed by atoms with van der Waals surface area (Å²) in [5.41, 5.74) is 11.7. The lowest BCUT2D eigenvalue weighted by Crippen LogP contribution is -1.97. The van der Waals surface area contributed by atoms with Gasteiger partial charge in [-0.05, 0) is 64.7 Å². The van der Waals surface area contributed by atoms with Crippen molar-refractivity contribution in [2.45, 2.75) is 0 Å². The Morgan fingerprint density at radius 1 is 0.389 bits per heavy atom. The Labute approximate surface area is 309 Å². The summed E-state index contributed by atoms with van der Waals surface area (Å²) in [6.07, 6.45) is 0. The lowest BCUT2D eigenvalue weighted by atomic mass is 10.0. The maximum absolute atomic E-state index is 5.29. The molecule has 0 N–H and O–H groups in total. The van der Waals surface area contributed by atoms with Crippen LogP contribution in [0.5, 0.6) is 0 Å². The van der Waals surface area contributed by atoms with Crippen LogP contribution in [0.4, 0.5) is 0 Å². The summed E-state index contributed by atoms with van der Waals surface area (Å²) in [6.45, 7) is 0. The predicted molar refractivity (Wildman–Crippen MR) is 223 cm³/mol. The van der Waals surface area contributed by atoms with E-state index in [1.807, 2.05) is 24.3 Å². The Hall–Kier alpha value is -7.37. The molecule has 5 heteroatoms. The van der Waals surface area contributed by atoms with Gasteiger partial charge in [0.05, 0.1) is 38.8 Å². The third kappa shape index (κ3) is 4.12. The van der Waals surface area contributed by atoms with Crippen molar-refractivity contribution in [1.82, 2.24) is 23.9 Å². The molecule has 0 unspecified atom stereocenters. The van der Waals surface area contributed by atoms with Gasteiger partial charge >= 0.3 is 0 Å². The maximum Gasteiger partial charge on any atom is 0.160 e. The molecule has 12 rings (SSSR count). The number of rotatable bonds is 4. The molecule has 8 aromatic carbocycles. The van der Waals surface area contributed by atoms with E-state index in [1.165, 1.54) is 27.1 Å². The molecule has 0 aliphatic carbocycles. The number of hydrogen-bond donors (Lipinski definition) is 0. The Balaban J connectivity index is 1.16. The van der Waals surface area contributed by atoms with E-state index in [0.717, 1.165) is 83.5 Å². The van der Waals surface area contributed by atoms with Crippen LogP contribution >= 0.6 is 0 Å². The molecule has 0 atom stereocenters. The second-order valence-electron chi connectivity index (χ2n) is 14.0. The van der Waals surface area contributed by atoms with E-state index in [9.17, 15) is 0 Å². The van der Waals surface area contributed by atoms with Crippen molar-refractivity contribution < 1.29 is 0 Å². The van der Waals surface area contributed by atoms with Crippen LogP contribution in [-0.4, -0.2) is 23.9 Å². The molecule has 4 heterocycles. The third-order valence-electron chi connectivity index (χ3n) is 11.0. The number of hydrogen-bond acceptors (Lipinski definition) is 3. The molecule has 0 aliphatic rings. The van der Waals surface area contributed by atoms with E-state index < -0.39 is 0 Å². The summed E-state index contributed by atoms with van der Waals surface area (Å²) in [5.74, 6) is 1.67. The van der Waals surface area contributed by atoms with Crippen LogP contribution < -0.4 is 0 Å². The lowest BCUT2D eigenvalue weighted by molar-refractivity contribution is 1.19. The Morgan fingerprint density at radius 3 is 1.89 bits per heavy atom. The van der Waals surface area contributed by atoms with Gasteiger partial charge in [-0.3, -0.25) is 4.40 Å². The monoisotopic (exact) mass is 687 g/mol. The van der Waals surface area contributed by atoms with E-state index in [2.05, 4.69) is 161 Å². The van der Waals surface area contributed by atoms with Crippen LogP contribution in [0.3, 0.4) is 0 Å². The first-order chi connectivity index (χ1) is 26.8. The molecule has 54 heavy (non-hydrogen) atoms. The van der Waals surface area contributed by atoms with Crippen molar-refractivity contribution in [1.29, 1.82) is 0 Å². The number of nitrogens with zero attached hydrogens (tertiary/aromatic N) is 5. The van der Waals surface area contributed by atoms with Gasteiger partial charge in [-0.1, -0.05) is 127 Å². The predicted octanol–water partition coefficient (Wildman–Crippen LogP) is 12.3. The van der Waals surface area contributed by atoms with Crippen molar-refractivity contribution in [3.8, 4) is 39.7 Å². The molecule has 0 saturated carbocycles. The van der Waals surface area contributed by atoms with Gasteiger partial charge in [0, 0.05) is 43.9 Å². The third-order valence-corrected chi connectivity index (χ3v) is 11.0. The molecule has 0 radical (unpaired) electrons. The molecule has 250 valence electrons. The summed E-state index contributed by atoms with van der Waals surface area (Å²) >= 11 is 0. The number of para-hydroxylation sites is 1.